The molecule has 2 heteroatoms. The average molecular weight is 266 g/mol. The molecule has 2 aliphatic rings. The van der Waals surface area contributed by atoms with E-state index in [-0.39, 0.29) is 0 Å². The lowest BCUT2D eigenvalue weighted by Crippen LogP contribution is -2.50. The first-order chi connectivity index (χ1) is 8.70. The minimum Gasteiger partial charge on any atom is -0.327 e. The van der Waals surface area contributed by atoms with Crippen molar-refractivity contribution < 1.29 is 0 Å². The summed E-state index contributed by atoms with van der Waals surface area (Å²) in [5.41, 5.74) is 7.33. The van der Waals surface area contributed by atoms with E-state index in [2.05, 4.69) is 39.5 Å². The Kier molecular flexibility index (Phi) is 4.32. The predicted molar refractivity (Wildman–Crippen MR) is 83.1 cm³/mol. The number of rotatable bonds is 2. The molecule has 19 heavy (non-hydrogen) atoms. The second kappa shape index (κ2) is 5.37. The molecule has 1 aliphatic carbocycles. The third kappa shape index (κ3) is 3.52. The highest BCUT2D eigenvalue weighted by atomic mass is 15.2. The number of hydrogen-bond donors (Lipinski definition) is 1. The minimum absolute atomic E-state index is 0.339. The molecule has 0 aromatic heterocycles. The molecule has 1 saturated heterocycles. The van der Waals surface area contributed by atoms with Crippen molar-refractivity contribution in [2.75, 3.05) is 19.6 Å². The Bertz CT molecular complexity index is 303. The van der Waals surface area contributed by atoms with Crippen molar-refractivity contribution in [3.05, 3.63) is 0 Å². The zero-order chi connectivity index (χ0) is 14.3. The smallest absolute Gasteiger partial charge is 0.0131 e. The standard InChI is InChI=1S/C17H34N2/c1-16(2,3)14-8-10-19(12-14)11-13-7-6-9-17(4,5)15(13)18/h13-15H,6-12,18H2,1-5H3. The number of hydrogen-bond acceptors (Lipinski definition) is 2. The molecular formula is C17H34N2. The van der Waals surface area contributed by atoms with Gasteiger partial charge in [-0.05, 0) is 48.5 Å². The fraction of sp³-hybridized carbons (Fsp3) is 1.00. The van der Waals surface area contributed by atoms with Crippen LogP contribution in [0.1, 0.15) is 60.3 Å². The van der Waals surface area contributed by atoms with Gasteiger partial charge in [-0.1, -0.05) is 41.0 Å². The van der Waals surface area contributed by atoms with Crippen molar-refractivity contribution in [3.63, 3.8) is 0 Å². The van der Waals surface area contributed by atoms with Crippen molar-refractivity contribution in [3.8, 4) is 0 Å². The van der Waals surface area contributed by atoms with E-state index in [0.717, 1.165) is 5.92 Å². The normalized spacial score (nSPS) is 36.6. The number of nitrogens with zero attached hydrogens (tertiary/aromatic N) is 1. The van der Waals surface area contributed by atoms with Gasteiger partial charge in [-0.15, -0.1) is 0 Å². The Morgan fingerprint density at radius 2 is 1.89 bits per heavy atom. The zero-order valence-electron chi connectivity index (χ0n) is 13.7. The summed E-state index contributed by atoms with van der Waals surface area (Å²) in [6.45, 7) is 15.7. The van der Waals surface area contributed by atoms with Crippen molar-refractivity contribution in [1.29, 1.82) is 0 Å². The van der Waals surface area contributed by atoms with Crippen LogP contribution < -0.4 is 5.73 Å². The van der Waals surface area contributed by atoms with Crippen LogP contribution in [0.15, 0.2) is 0 Å². The third-order valence-corrected chi connectivity index (χ3v) is 5.80. The molecule has 0 spiro atoms. The van der Waals surface area contributed by atoms with Crippen LogP contribution in [0.5, 0.6) is 0 Å². The van der Waals surface area contributed by atoms with Crippen LogP contribution in [0.2, 0.25) is 0 Å². The van der Waals surface area contributed by atoms with Gasteiger partial charge in [0.15, 0.2) is 0 Å². The Labute approximate surface area is 120 Å². The third-order valence-electron chi connectivity index (χ3n) is 5.80. The van der Waals surface area contributed by atoms with Crippen LogP contribution in [0.25, 0.3) is 0 Å². The van der Waals surface area contributed by atoms with Crippen LogP contribution in [0, 0.1) is 22.7 Å². The van der Waals surface area contributed by atoms with Gasteiger partial charge in [0.1, 0.15) is 0 Å². The summed E-state index contributed by atoms with van der Waals surface area (Å²) in [4.78, 5) is 2.68. The maximum Gasteiger partial charge on any atom is 0.0131 e. The summed E-state index contributed by atoms with van der Waals surface area (Å²) in [6, 6.07) is 0.384. The summed E-state index contributed by atoms with van der Waals surface area (Å²) >= 11 is 0. The van der Waals surface area contributed by atoms with E-state index in [1.807, 2.05) is 0 Å². The molecule has 2 N–H and O–H groups in total. The molecule has 2 rings (SSSR count). The van der Waals surface area contributed by atoms with Crippen LogP contribution in [-0.2, 0) is 0 Å². The molecule has 2 fully saturated rings. The van der Waals surface area contributed by atoms with Gasteiger partial charge in [-0.2, -0.15) is 0 Å². The van der Waals surface area contributed by atoms with Gasteiger partial charge in [0, 0.05) is 19.1 Å². The van der Waals surface area contributed by atoms with Gasteiger partial charge >= 0.3 is 0 Å². The molecule has 0 amide bonds. The minimum atomic E-state index is 0.339. The molecule has 1 aliphatic heterocycles. The van der Waals surface area contributed by atoms with E-state index < -0.39 is 0 Å². The first-order valence-electron chi connectivity index (χ1n) is 8.18. The highest BCUT2D eigenvalue weighted by molar-refractivity contribution is 4.94. The van der Waals surface area contributed by atoms with Gasteiger partial charge in [-0.3, -0.25) is 0 Å². The fourth-order valence-corrected chi connectivity index (χ4v) is 4.05. The molecule has 1 saturated carbocycles. The summed E-state index contributed by atoms with van der Waals surface area (Å²) in [6.07, 6.45) is 5.37. The van der Waals surface area contributed by atoms with Crippen LogP contribution in [-0.4, -0.2) is 30.6 Å². The molecule has 3 unspecified atom stereocenters. The molecule has 0 radical (unpaired) electrons. The van der Waals surface area contributed by atoms with E-state index in [4.69, 9.17) is 5.73 Å². The van der Waals surface area contributed by atoms with E-state index >= 15 is 0 Å². The topological polar surface area (TPSA) is 29.3 Å². The molecule has 0 aromatic rings. The van der Waals surface area contributed by atoms with Crippen molar-refractivity contribution in [2.45, 2.75) is 66.3 Å². The molecule has 0 bridgehead atoms. The molecular weight excluding hydrogens is 232 g/mol. The van der Waals surface area contributed by atoms with E-state index in [1.54, 1.807) is 0 Å². The van der Waals surface area contributed by atoms with Crippen LogP contribution in [0.3, 0.4) is 0 Å². The first kappa shape index (κ1) is 15.3. The van der Waals surface area contributed by atoms with Crippen molar-refractivity contribution in [1.82, 2.24) is 4.90 Å². The van der Waals surface area contributed by atoms with Crippen LogP contribution in [0.4, 0.5) is 0 Å². The highest BCUT2D eigenvalue weighted by Crippen LogP contribution is 2.39. The lowest BCUT2D eigenvalue weighted by atomic mass is 9.68. The monoisotopic (exact) mass is 266 g/mol. The fourth-order valence-electron chi connectivity index (χ4n) is 4.05. The maximum absolute atomic E-state index is 6.53. The lowest BCUT2D eigenvalue weighted by molar-refractivity contribution is 0.106. The molecule has 112 valence electrons. The number of nitrogens with two attached hydrogens (primary N) is 1. The Morgan fingerprint density at radius 1 is 1.21 bits per heavy atom. The van der Waals surface area contributed by atoms with E-state index in [9.17, 15) is 0 Å². The second-order valence-corrected chi connectivity index (χ2v) is 8.78. The van der Waals surface area contributed by atoms with Gasteiger partial charge in [-0.25, -0.2) is 0 Å². The molecule has 0 aromatic carbocycles. The summed E-state index contributed by atoms with van der Waals surface area (Å²) in [7, 11) is 0. The first-order valence-corrected chi connectivity index (χ1v) is 8.18. The second-order valence-electron chi connectivity index (χ2n) is 8.78. The quantitative estimate of drug-likeness (QED) is 0.829. The van der Waals surface area contributed by atoms with Gasteiger partial charge < -0.3 is 10.6 Å². The summed E-state index contributed by atoms with van der Waals surface area (Å²) in [5.74, 6) is 1.57. The Hall–Kier alpha value is -0.0800. The summed E-state index contributed by atoms with van der Waals surface area (Å²) < 4.78 is 0. The van der Waals surface area contributed by atoms with Crippen molar-refractivity contribution >= 4 is 0 Å². The van der Waals surface area contributed by atoms with Gasteiger partial charge in [0.05, 0.1) is 0 Å². The largest absolute Gasteiger partial charge is 0.327 e. The van der Waals surface area contributed by atoms with Crippen molar-refractivity contribution in [2.24, 2.45) is 28.4 Å². The van der Waals surface area contributed by atoms with Crippen LogP contribution >= 0.6 is 0 Å². The lowest BCUT2D eigenvalue weighted by Gasteiger charge is -2.43. The van der Waals surface area contributed by atoms with Gasteiger partial charge in [0.25, 0.3) is 0 Å². The average Bonchev–Trinajstić information content (AvgIpc) is 2.73. The number of likely N-dealkylation sites (tertiary alicyclic amines) is 1. The Balaban J connectivity index is 1.89. The Morgan fingerprint density at radius 3 is 2.47 bits per heavy atom. The highest BCUT2D eigenvalue weighted by Gasteiger charge is 2.39. The molecule has 3 atom stereocenters. The summed E-state index contributed by atoms with van der Waals surface area (Å²) in [5, 5.41) is 0. The molecule has 2 nitrogen and oxygen atoms in total. The van der Waals surface area contributed by atoms with E-state index in [1.165, 1.54) is 45.3 Å². The van der Waals surface area contributed by atoms with Gasteiger partial charge in [0.2, 0.25) is 0 Å². The zero-order valence-corrected chi connectivity index (χ0v) is 13.7. The SMILES string of the molecule is CC(C)(C)C1CCN(CC2CCCC(C)(C)C2N)C1. The molecule has 1 heterocycles. The van der Waals surface area contributed by atoms with E-state index in [0.29, 0.717) is 22.8 Å². The predicted octanol–water partition coefficient (Wildman–Crippen LogP) is 3.51. The maximum atomic E-state index is 6.53.